The van der Waals surface area contributed by atoms with Gasteiger partial charge in [0.15, 0.2) is 16.6 Å². The average Bonchev–Trinajstić information content (AvgIpc) is 3.14. The summed E-state index contributed by atoms with van der Waals surface area (Å²) in [7, 11) is 4.08. The molecule has 1 aromatic heterocycles. The Bertz CT molecular complexity index is 1080. The molecule has 0 radical (unpaired) electrons. The molecule has 1 aliphatic rings. The van der Waals surface area contributed by atoms with Gasteiger partial charge in [-0.3, -0.25) is 9.69 Å². The quantitative estimate of drug-likeness (QED) is 0.555. The van der Waals surface area contributed by atoms with Gasteiger partial charge in [-0.05, 0) is 76.3 Å². The SMILES string of the molecule is Cc1cc(C)c2nc(N(CCCN(C)C)C(=O)c3ccc4c(c3)OCCO4)sc2c1.[Cl-]. The normalized spacial score (nSPS) is 12.7. The largest absolute Gasteiger partial charge is 1.00 e. The van der Waals surface area contributed by atoms with Crippen LogP contribution in [-0.2, 0) is 0 Å². The number of anilines is 1. The summed E-state index contributed by atoms with van der Waals surface area (Å²) in [5.41, 5.74) is 3.88. The van der Waals surface area contributed by atoms with Gasteiger partial charge in [0.2, 0.25) is 0 Å². The summed E-state index contributed by atoms with van der Waals surface area (Å²) in [6.07, 6.45) is 0.858. The lowest BCUT2D eigenvalue weighted by atomic mass is 10.1. The molecule has 1 aliphatic heterocycles. The second-order valence-corrected chi connectivity index (χ2v) is 8.91. The third-order valence-electron chi connectivity index (χ3n) is 5.07. The van der Waals surface area contributed by atoms with Gasteiger partial charge in [0, 0.05) is 12.1 Å². The van der Waals surface area contributed by atoms with Gasteiger partial charge >= 0.3 is 0 Å². The van der Waals surface area contributed by atoms with Gasteiger partial charge in [-0.15, -0.1) is 0 Å². The summed E-state index contributed by atoms with van der Waals surface area (Å²) >= 11 is 1.57. The Hall–Kier alpha value is -2.35. The smallest absolute Gasteiger partial charge is 0.260 e. The van der Waals surface area contributed by atoms with E-state index in [0.717, 1.165) is 33.9 Å². The molecule has 3 aromatic rings. The molecular formula is C23H27ClN3O3S-. The third-order valence-corrected chi connectivity index (χ3v) is 6.10. The van der Waals surface area contributed by atoms with Crippen molar-refractivity contribution in [3.8, 4) is 11.5 Å². The lowest BCUT2D eigenvalue weighted by Gasteiger charge is -2.23. The fourth-order valence-electron chi connectivity index (χ4n) is 3.64. The number of benzene rings is 2. The molecule has 2 aromatic carbocycles. The number of ether oxygens (including phenoxy) is 2. The van der Waals surface area contributed by atoms with E-state index in [4.69, 9.17) is 14.5 Å². The number of thiazole rings is 1. The van der Waals surface area contributed by atoms with E-state index >= 15 is 0 Å². The van der Waals surface area contributed by atoms with Crippen molar-refractivity contribution in [1.82, 2.24) is 9.88 Å². The number of nitrogens with zero attached hydrogens (tertiary/aromatic N) is 3. The molecule has 0 bridgehead atoms. The fraction of sp³-hybridized carbons (Fsp3) is 0.391. The number of aromatic nitrogens is 1. The lowest BCUT2D eigenvalue weighted by Crippen LogP contribution is -3.00. The molecule has 2 heterocycles. The maximum atomic E-state index is 13.5. The number of carbonyl (C=O) groups excluding carboxylic acids is 1. The molecule has 0 saturated carbocycles. The molecule has 4 rings (SSSR count). The number of halogens is 1. The van der Waals surface area contributed by atoms with Crippen LogP contribution in [0.25, 0.3) is 10.2 Å². The Kier molecular flexibility index (Phi) is 7.41. The molecule has 0 fully saturated rings. The number of rotatable bonds is 6. The third kappa shape index (κ3) is 5.11. The first-order valence-corrected chi connectivity index (χ1v) is 11.0. The zero-order chi connectivity index (χ0) is 21.3. The molecule has 0 atom stereocenters. The first kappa shape index (κ1) is 23.3. The summed E-state index contributed by atoms with van der Waals surface area (Å²) in [6, 6.07) is 9.66. The van der Waals surface area contributed by atoms with Crippen molar-refractivity contribution in [2.24, 2.45) is 0 Å². The second-order valence-electron chi connectivity index (χ2n) is 7.90. The van der Waals surface area contributed by atoms with Gasteiger partial charge in [0.1, 0.15) is 13.2 Å². The lowest BCUT2D eigenvalue weighted by molar-refractivity contribution is -0.0000144. The first-order valence-electron chi connectivity index (χ1n) is 10.2. The van der Waals surface area contributed by atoms with Crippen molar-refractivity contribution < 1.29 is 26.7 Å². The van der Waals surface area contributed by atoms with Crippen LogP contribution in [0.2, 0.25) is 0 Å². The van der Waals surface area contributed by atoms with Crippen LogP contribution in [0, 0.1) is 13.8 Å². The molecule has 0 saturated heterocycles. The van der Waals surface area contributed by atoms with E-state index < -0.39 is 0 Å². The zero-order valence-electron chi connectivity index (χ0n) is 18.3. The van der Waals surface area contributed by atoms with Crippen molar-refractivity contribution in [3.05, 3.63) is 47.0 Å². The molecular weight excluding hydrogens is 434 g/mol. The second kappa shape index (κ2) is 9.85. The van der Waals surface area contributed by atoms with Crippen LogP contribution in [0.3, 0.4) is 0 Å². The van der Waals surface area contributed by atoms with Crippen LogP contribution in [-0.4, -0.2) is 56.2 Å². The van der Waals surface area contributed by atoms with E-state index in [0.29, 0.717) is 36.8 Å². The van der Waals surface area contributed by atoms with E-state index in [2.05, 4.69) is 30.9 Å². The number of hydrogen-bond acceptors (Lipinski definition) is 6. The van der Waals surface area contributed by atoms with E-state index in [1.807, 2.05) is 20.2 Å². The Balaban J connectivity index is 0.00000272. The highest BCUT2D eigenvalue weighted by Crippen LogP contribution is 2.34. The molecule has 0 spiro atoms. The molecule has 8 heteroatoms. The fourth-order valence-corrected chi connectivity index (χ4v) is 4.80. The number of amides is 1. The van der Waals surface area contributed by atoms with Crippen molar-refractivity contribution >= 4 is 32.6 Å². The van der Waals surface area contributed by atoms with Crippen LogP contribution < -0.4 is 26.8 Å². The minimum Gasteiger partial charge on any atom is -1.00 e. The summed E-state index contributed by atoms with van der Waals surface area (Å²) in [5, 5.41) is 0.734. The Morgan fingerprint density at radius 3 is 2.55 bits per heavy atom. The van der Waals surface area contributed by atoms with Gasteiger partial charge in [-0.2, -0.15) is 0 Å². The highest BCUT2D eigenvalue weighted by molar-refractivity contribution is 7.22. The molecule has 31 heavy (non-hydrogen) atoms. The van der Waals surface area contributed by atoms with Crippen LogP contribution in [0.4, 0.5) is 5.13 Å². The number of carbonyl (C=O) groups is 1. The minimum atomic E-state index is -0.0702. The summed E-state index contributed by atoms with van der Waals surface area (Å²) in [5.74, 6) is 1.23. The van der Waals surface area contributed by atoms with Gasteiger partial charge in [0.25, 0.3) is 5.91 Å². The van der Waals surface area contributed by atoms with Crippen LogP contribution in [0.15, 0.2) is 30.3 Å². The maximum Gasteiger partial charge on any atom is 0.260 e. The summed E-state index contributed by atoms with van der Waals surface area (Å²) in [4.78, 5) is 22.3. The number of hydrogen-bond donors (Lipinski definition) is 0. The average molecular weight is 461 g/mol. The van der Waals surface area contributed by atoms with Crippen molar-refractivity contribution in [3.63, 3.8) is 0 Å². The maximum absolute atomic E-state index is 13.5. The molecule has 166 valence electrons. The van der Waals surface area contributed by atoms with Crippen LogP contribution in [0.5, 0.6) is 11.5 Å². The van der Waals surface area contributed by atoms with Crippen LogP contribution in [0.1, 0.15) is 27.9 Å². The summed E-state index contributed by atoms with van der Waals surface area (Å²) < 4.78 is 12.4. The minimum absolute atomic E-state index is 0. The van der Waals surface area contributed by atoms with E-state index in [1.54, 1.807) is 28.4 Å². The Labute approximate surface area is 193 Å². The highest BCUT2D eigenvalue weighted by atomic mass is 35.5. The predicted molar refractivity (Wildman–Crippen MR) is 121 cm³/mol. The van der Waals surface area contributed by atoms with Gasteiger partial charge < -0.3 is 26.8 Å². The van der Waals surface area contributed by atoms with Gasteiger partial charge in [-0.25, -0.2) is 4.98 Å². The van der Waals surface area contributed by atoms with Gasteiger partial charge in [-0.1, -0.05) is 17.4 Å². The van der Waals surface area contributed by atoms with E-state index in [9.17, 15) is 4.79 Å². The Morgan fingerprint density at radius 2 is 1.81 bits per heavy atom. The van der Waals surface area contributed by atoms with Gasteiger partial charge in [0.05, 0.1) is 10.2 Å². The van der Waals surface area contributed by atoms with Crippen LogP contribution >= 0.6 is 11.3 Å². The zero-order valence-corrected chi connectivity index (χ0v) is 19.8. The molecule has 0 aliphatic carbocycles. The predicted octanol–water partition coefficient (Wildman–Crippen LogP) is 1.29. The van der Waals surface area contributed by atoms with Crippen molar-refractivity contribution in [1.29, 1.82) is 0 Å². The summed E-state index contributed by atoms with van der Waals surface area (Å²) in [6.45, 7) is 6.67. The highest BCUT2D eigenvalue weighted by Gasteiger charge is 2.23. The van der Waals surface area contributed by atoms with E-state index in [-0.39, 0.29) is 18.3 Å². The number of aryl methyl sites for hydroxylation is 2. The van der Waals surface area contributed by atoms with Crippen molar-refractivity contribution in [2.45, 2.75) is 20.3 Å². The first-order chi connectivity index (χ1) is 14.4. The molecule has 1 amide bonds. The Morgan fingerprint density at radius 1 is 1.06 bits per heavy atom. The molecule has 0 N–H and O–H groups in total. The van der Waals surface area contributed by atoms with E-state index in [1.165, 1.54) is 5.56 Å². The molecule has 0 unspecified atom stereocenters. The number of fused-ring (bicyclic) bond motifs is 2. The topological polar surface area (TPSA) is 54.9 Å². The van der Waals surface area contributed by atoms with Crippen molar-refractivity contribution in [2.75, 3.05) is 45.3 Å². The molecule has 6 nitrogen and oxygen atoms in total. The monoisotopic (exact) mass is 460 g/mol. The standard InChI is InChI=1S/C23H27N3O3S.ClH/c1-15-12-16(2)21-20(13-15)30-23(24-21)26(9-5-8-25(3)4)22(27)17-6-7-18-19(14-17)29-11-10-28-18;/h6-7,12-14H,5,8-11H2,1-4H3;1H/p-1.